The molecular weight excluding hydrogens is 478 g/mol. The highest BCUT2D eigenvalue weighted by molar-refractivity contribution is 8.45. The van der Waals surface area contributed by atoms with E-state index >= 15 is 0 Å². The maximum atomic E-state index is 12.9. The van der Waals surface area contributed by atoms with Crippen molar-refractivity contribution in [2.45, 2.75) is 19.6 Å². The number of aromatic nitrogens is 1. The number of aryl methyl sites for hydroxylation is 1. The van der Waals surface area contributed by atoms with Crippen molar-refractivity contribution in [2.75, 3.05) is 7.11 Å². The molecule has 0 unspecified atom stereocenters. The Kier molecular flexibility index (Phi) is 6.36. The van der Waals surface area contributed by atoms with Crippen LogP contribution >= 0.6 is 23.5 Å². The minimum Gasteiger partial charge on any atom is -0.495 e. The van der Waals surface area contributed by atoms with Crippen LogP contribution in [0.15, 0.2) is 76.3 Å². The number of rotatable bonds is 5. The van der Waals surface area contributed by atoms with Gasteiger partial charge in [-0.2, -0.15) is 10.0 Å². The van der Waals surface area contributed by atoms with Gasteiger partial charge in [-0.05, 0) is 61.0 Å². The number of hydrogen-bond acceptors (Lipinski definition) is 6. The van der Waals surface area contributed by atoms with Gasteiger partial charge in [-0.3, -0.25) is 10.2 Å². The Balaban J connectivity index is 1.42. The van der Waals surface area contributed by atoms with Crippen LogP contribution in [0.5, 0.6) is 5.75 Å². The van der Waals surface area contributed by atoms with Crippen molar-refractivity contribution < 1.29 is 9.53 Å². The van der Waals surface area contributed by atoms with E-state index in [2.05, 4.69) is 26.8 Å². The SMILES string of the molecule is COc1ccccc1-n1c(C)cc(/C=C2\C(=N)N3N=C(SCc4ccccc4)SC3=NC2=O)c1C. The molecule has 5 rings (SSSR count). The van der Waals surface area contributed by atoms with Crippen molar-refractivity contribution in [3.05, 3.63) is 88.8 Å². The van der Waals surface area contributed by atoms with Crippen molar-refractivity contribution in [3.63, 3.8) is 0 Å². The summed E-state index contributed by atoms with van der Waals surface area (Å²) in [5.41, 5.74) is 5.09. The molecule has 1 N–H and O–H groups in total. The largest absolute Gasteiger partial charge is 0.495 e. The van der Waals surface area contributed by atoms with Crippen LogP contribution in [0.3, 0.4) is 0 Å². The number of aliphatic imine (C=N–C) groups is 1. The molecule has 0 aliphatic carbocycles. The van der Waals surface area contributed by atoms with Crippen LogP contribution < -0.4 is 4.74 Å². The van der Waals surface area contributed by atoms with E-state index in [4.69, 9.17) is 10.1 Å². The highest BCUT2D eigenvalue weighted by atomic mass is 32.2. The van der Waals surface area contributed by atoms with E-state index in [1.54, 1.807) is 24.9 Å². The Labute approximate surface area is 212 Å². The summed E-state index contributed by atoms with van der Waals surface area (Å²) in [5, 5.41) is 15.1. The Hall–Kier alpha value is -3.56. The predicted molar refractivity (Wildman–Crippen MR) is 145 cm³/mol. The molecule has 0 spiro atoms. The molecule has 3 heterocycles. The average molecular weight is 502 g/mol. The number of hydrazone groups is 1. The number of hydrogen-bond donors (Lipinski definition) is 1. The summed E-state index contributed by atoms with van der Waals surface area (Å²) in [5.74, 6) is 1.12. The van der Waals surface area contributed by atoms with E-state index in [0.29, 0.717) is 5.17 Å². The number of amidine groups is 2. The Morgan fingerprint density at radius 2 is 1.86 bits per heavy atom. The summed E-state index contributed by atoms with van der Waals surface area (Å²) in [7, 11) is 1.65. The first-order valence-electron chi connectivity index (χ1n) is 11.0. The summed E-state index contributed by atoms with van der Waals surface area (Å²) < 4.78 is 8.39. The molecule has 0 radical (unpaired) electrons. The maximum Gasteiger partial charge on any atom is 0.283 e. The van der Waals surface area contributed by atoms with Gasteiger partial charge in [0.05, 0.1) is 18.4 Å². The fraction of sp³-hybridized carbons (Fsp3) is 0.154. The monoisotopic (exact) mass is 501 g/mol. The number of fused-ring (bicyclic) bond motifs is 1. The first kappa shape index (κ1) is 23.2. The van der Waals surface area contributed by atoms with Crippen molar-refractivity contribution in [2.24, 2.45) is 10.1 Å². The van der Waals surface area contributed by atoms with Crippen LogP contribution in [0.4, 0.5) is 0 Å². The zero-order valence-corrected chi connectivity index (χ0v) is 21.1. The van der Waals surface area contributed by atoms with Gasteiger partial charge in [0.2, 0.25) is 5.17 Å². The van der Waals surface area contributed by atoms with Crippen molar-refractivity contribution in [1.82, 2.24) is 9.58 Å². The van der Waals surface area contributed by atoms with Gasteiger partial charge in [0.15, 0.2) is 10.2 Å². The molecule has 7 nitrogen and oxygen atoms in total. The lowest BCUT2D eigenvalue weighted by Crippen LogP contribution is -2.35. The van der Waals surface area contributed by atoms with Crippen LogP contribution in [0, 0.1) is 19.3 Å². The maximum absolute atomic E-state index is 12.9. The minimum atomic E-state index is -0.430. The van der Waals surface area contributed by atoms with Gasteiger partial charge >= 0.3 is 0 Å². The number of nitrogens with zero attached hydrogens (tertiary/aromatic N) is 4. The van der Waals surface area contributed by atoms with Crippen molar-refractivity contribution in [3.8, 4) is 11.4 Å². The molecule has 1 aromatic heterocycles. The van der Waals surface area contributed by atoms with Gasteiger partial charge < -0.3 is 9.30 Å². The van der Waals surface area contributed by atoms with Crippen LogP contribution in [0.1, 0.15) is 22.5 Å². The first-order valence-corrected chi connectivity index (χ1v) is 12.8. The second-order valence-corrected chi connectivity index (χ2v) is 10.2. The molecule has 0 saturated heterocycles. The molecule has 2 aromatic carbocycles. The third-order valence-corrected chi connectivity index (χ3v) is 7.85. The van der Waals surface area contributed by atoms with Crippen molar-refractivity contribution in [1.29, 1.82) is 5.41 Å². The fourth-order valence-corrected chi connectivity index (χ4v) is 5.91. The van der Waals surface area contributed by atoms with Crippen LogP contribution in [0.25, 0.3) is 11.8 Å². The number of para-hydroxylation sites is 2. The smallest absolute Gasteiger partial charge is 0.283 e. The molecule has 0 bridgehead atoms. The summed E-state index contributed by atoms with van der Waals surface area (Å²) in [6.45, 7) is 3.99. The number of thioether (sulfide) groups is 2. The van der Waals surface area contributed by atoms with Gasteiger partial charge in [0, 0.05) is 17.1 Å². The molecule has 1 amide bonds. The summed E-state index contributed by atoms with van der Waals surface area (Å²) in [6, 6.07) is 19.9. The number of carbonyl (C=O) groups is 1. The summed E-state index contributed by atoms with van der Waals surface area (Å²) >= 11 is 2.89. The fourth-order valence-electron chi connectivity index (χ4n) is 4.03. The zero-order valence-electron chi connectivity index (χ0n) is 19.5. The second kappa shape index (κ2) is 9.59. The quantitative estimate of drug-likeness (QED) is 0.459. The number of ether oxygens (including phenoxy) is 1. The predicted octanol–water partition coefficient (Wildman–Crippen LogP) is 5.61. The molecule has 176 valence electrons. The molecule has 2 aliphatic heterocycles. The molecular formula is C26H23N5O2S2. The Bertz CT molecular complexity index is 1420. The normalized spacial score (nSPS) is 16.4. The summed E-state index contributed by atoms with van der Waals surface area (Å²) in [4.78, 5) is 17.1. The van der Waals surface area contributed by atoms with E-state index in [9.17, 15) is 4.79 Å². The highest BCUT2D eigenvalue weighted by Gasteiger charge is 2.36. The minimum absolute atomic E-state index is 0.0323. The molecule has 3 aromatic rings. The molecule has 0 atom stereocenters. The van der Waals surface area contributed by atoms with Gasteiger partial charge in [0.1, 0.15) is 5.75 Å². The van der Waals surface area contributed by atoms with E-state index < -0.39 is 5.91 Å². The van der Waals surface area contributed by atoms with E-state index in [1.165, 1.54) is 22.3 Å². The van der Waals surface area contributed by atoms with Gasteiger partial charge in [-0.1, -0.05) is 54.2 Å². The Morgan fingerprint density at radius 1 is 1.11 bits per heavy atom. The van der Waals surface area contributed by atoms with Crippen molar-refractivity contribution >= 4 is 50.9 Å². The molecule has 0 saturated carbocycles. The number of benzene rings is 2. The number of nitrogens with one attached hydrogen (secondary N) is 1. The van der Waals surface area contributed by atoms with Crippen LogP contribution in [-0.4, -0.2) is 38.0 Å². The van der Waals surface area contributed by atoms with E-state index in [1.807, 2.05) is 62.4 Å². The highest BCUT2D eigenvalue weighted by Crippen LogP contribution is 2.34. The van der Waals surface area contributed by atoms with Crippen LogP contribution in [0.2, 0.25) is 0 Å². The van der Waals surface area contributed by atoms with Gasteiger partial charge in [-0.25, -0.2) is 0 Å². The first-order chi connectivity index (χ1) is 17.0. The molecule has 9 heteroatoms. The second-order valence-electron chi connectivity index (χ2n) is 7.99. The van der Waals surface area contributed by atoms with Gasteiger partial charge in [0.25, 0.3) is 5.91 Å². The van der Waals surface area contributed by atoms with Gasteiger partial charge in [-0.15, -0.1) is 5.10 Å². The lowest BCUT2D eigenvalue weighted by Gasteiger charge is -2.20. The third-order valence-electron chi connectivity index (χ3n) is 5.74. The van der Waals surface area contributed by atoms with Crippen LogP contribution in [-0.2, 0) is 10.5 Å². The molecule has 35 heavy (non-hydrogen) atoms. The van der Waals surface area contributed by atoms with E-state index in [-0.39, 0.29) is 11.4 Å². The molecule has 2 aliphatic rings. The zero-order chi connectivity index (χ0) is 24.5. The average Bonchev–Trinajstić information content (AvgIpc) is 3.40. The Morgan fingerprint density at radius 3 is 2.63 bits per heavy atom. The topological polar surface area (TPSA) is 83.0 Å². The third kappa shape index (κ3) is 4.44. The number of methoxy groups -OCH3 is 1. The van der Waals surface area contributed by atoms with E-state index in [0.717, 1.165) is 38.5 Å². The number of carbonyl (C=O) groups excluding carboxylic acids is 1. The standard InChI is InChI=1S/C26H23N5O2S2/c1-16-13-19(17(2)30(16)21-11-7-8-12-22(21)33-3)14-20-23(27)31-25(28-24(20)32)35-26(29-31)34-15-18-9-5-4-6-10-18/h4-14,27H,15H2,1-3H3/b20-14+,27-23?. The lowest BCUT2D eigenvalue weighted by atomic mass is 10.1. The lowest BCUT2D eigenvalue weighted by molar-refractivity contribution is -0.114. The molecule has 0 fully saturated rings. The summed E-state index contributed by atoms with van der Waals surface area (Å²) in [6.07, 6.45) is 1.73. The number of amides is 1.